The Bertz CT molecular complexity index is 2660. The average Bonchev–Trinajstić information content (AvgIpc) is 3.01. The Labute approximate surface area is 286 Å². The van der Waals surface area contributed by atoms with E-state index in [2.05, 4.69) is 15.4 Å². The van der Waals surface area contributed by atoms with Crippen molar-refractivity contribution in [1.82, 2.24) is 0 Å². The van der Waals surface area contributed by atoms with Crippen LogP contribution in [0.1, 0.15) is 31.1 Å². The summed E-state index contributed by atoms with van der Waals surface area (Å²) in [7, 11) is -20.3. The first-order valence-corrected chi connectivity index (χ1v) is 18.7. The lowest BCUT2D eigenvalue weighted by Gasteiger charge is -2.16. The largest absolute Gasteiger partial charge is 0.465 e. The van der Waals surface area contributed by atoms with Crippen LogP contribution in [0.5, 0.6) is 0 Å². The molecule has 51 heavy (non-hydrogen) atoms. The number of methoxy groups -OCH3 is 1. The third-order valence-corrected chi connectivity index (χ3v) is 10.2. The minimum absolute atomic E-state index is 0.223. The number of nitrogens with one attached hydrogen (secondary N) is 2. The van der Waals surface area contributed by atoms with Crippen molar-refractivity contribution >= 4 is 86.1 Å². The smallest absolute Gasteiger partial charge is 0.337 e. The number of carbonyl (C=O) groups excluding carboxylic acids is 3. The molecule has 0 aliphatic heterocycles. The topological polar surface area (TPSA) is 345 Å². The van der Waals surface area contributed by atoms with Crippen molar-refractivity contribution in [2.24, 2.45) is 0 Å². The minimum Gasteiger partial charge on any atom is -0.465 e. The van der Waals surface area contributed by atoms with Crippen LogP contribution in [0.4, 0.5) is 17.1 Å². The molecule has 0 aliphatic rings. The summed E-state index contributed by atoms with van der Waals surface area (Å²) in [4.78, 5) is 44.2. The van der Waals surface area contributed by atoms with Gasteiger partial charge in [0.25, 0.3) is 58.0 Å². The quantitative estimate of drug-likeness (QED) is 0.0579. The molecule has 6 N–H and O–H groups in total. The van der Waals surface area contributed by atoms with Crippen molar-refractivity contribution in [1.29, 1.82) is 0 Å². The van der Waals surface area contributed by atoms with E-state index in [0.29, 0.717) is 24.3 Å². The number of anilines is 2. The first-order valence-electron chi connectivity index (χ1n) is 13.0. The summed E-state index contributed by atoms with van der Waals surface area (Å²) < 4.78 is 140. The van der Waals surface area contributed by atoms with E-state index in [9.17, 15) is 76.4 Å². The molecule has 4 rings (SSSR count). The summed E-state index contributed by atoms with van der Waals surface area (Å²) in [6, 6.07) is 6.47. The highest BCUT2D eigenvalue weighted by molar-refractivity contribution is 7.87. The summed E-state index contributed by atoms with van der Waals surface area (Å²) >= 11 is 0. The van der Waals surface area contributed by atoms with Crippen molar-refractivity contribution < 1.29 is 75.9 Å². The normalized spacial score (nSPS) is 12.3. The highest BCUT2D eigenvalue weighted by atomic mass is 32.2. The number of amides is 2. The highest BCUT2D eigenvalue weighted by Gasteiger charge is 2.28. The van der Waals surface area contributed by atoms with E-state index >= 15 is 0 Å². The molecule has 0 unspecified atom stereocenters. The van der Waals surface area contributed by atoms with Crippen LogP contribution in [0.3, 0.4) is 0 Å². The second-order valence-corrected chi connectivity index (χ2v) is 15.6. The highest BCUT2D eigenvalue weighted by Crippen LogP contribution is 2.37. The summed E-state index contributed by atoms with van der Waals surface area (Å²) in [5.41, 5.74) is -3.71. The average molecular weight is 790 g/mol. The predicted molar refractivity (Wildman–Crippen MR) is 170 cm³/mol. The lowest BCUT2D eigenvalue weighted by atomic mass is 10.1. The number of non-ortho nitro benzene ring substituents is 1. The van der Waals surface area contributed by atoms with Crippen LogP contribution in [0.2, 0.25) is 0 Å². The summed E-state index contributed by atoms with van der Waals surface area (Å²) in [5.74, 6) is -3.71. The Morgan fingerprint density at radius 3 is 1.78 bits per heavy atom. The molecule has 4 aromatic carbocycles. The van der Waals surface area contributed by atoms with Gasteiger partial charge in [-0.15, -0.1) is 0 Å². The van der Waals surface area contributed by atoms with Gasteiger partial charge in [0.15, 0.2) is 0 Å². The number of carbonyl (C=O) groups is 3. The second-order valence-electron chi connectivity index (χ2n) is 9.99. The summed E-state index contributed by atoms with van der Waals surface area (Å²) in [5, 5.41) is 13.6. The number of hydrogen-bond donors (Lipinski definition) is 6. The van der Waals surface area contributed by atoms with Crippen LogP contribution in [0.15, 0.2) is 80.2 Å². The Morgan fingerprint density at radius 2 is 1.25 bits per heavy atom. The third-order valence-electron chi connectivity index (χ3n) is 6.69. The molecule has 0 heterocycles. The van der Waals surface area contributed by atoms with Crippen molar-refractivity contribution in [2.45, 2.75) is 19.6 Å². The fourth-order valence-corrected chi connectivity index (χ4v) is 7.31. The van der Waals surface area contributed by atoms with Gasteiger partial charge < -0.3 is 15.4 Å². The molecule has 4 aromatic rings. The molecule has 2 amide bonds. The molecule has 0 radical (unpaired) electrons. The number of hydrogen-bond acceptors (Lipinski definition) is 14. The van der Waals surface area contributed by atoms with Crippen LogP contribution in [0.25, 0.3) is 10.8 Å². The second kappa shape index (κ2) is 13.4. The fourth-order valence-electron chi connectivity index (χ4n) is 4.56. The van der Waals surface area contributed by atoms with Gasteiger partial charge in [-0.05, 0) is 48.5 Å². The van der Waals surface area contributed by atoms with Crippen molar-refractivity contribution in [2.75, 3.05) is 17.7 Å². The maximum atomic E-state index is 13.5. The molecule has 0 bridgehead atoms. The number of fused-ring (bicyclic) bond motifs is 1. The number of nitro benzene ring substituents is 1. The van der Waals surface area contributed by atoms with Crippen molar-refractivity contribution in [3.63, 3.8) is 0 Å². The van der Waals surface area contributed by atoms with E-state index in [1.54, 1.807) is 0 Å². The molecule has 21 nitrogen and oxygen atoms in total. The van der Waals surface area contributed by atoms with Gasteiger partial charge in [0.05, 0.1) is 33.7 Å². The van der Waals surface area contributed by atoms with Gasteiger partial charge in [0, 0.05) is 34.2 Å². The Balaban J connectivity index is 1.89. The zero-order valence-electron chi connectivity index (χ0n) is 24.9. The van der Waals surface area contributed by atoms with E-state index in [0.717, 1.165) is 37.4 Å². The number of ether oxygens (including phenoxy) is 1. The maximum absolute atomic E-state index is 13.5. The van der Waals surface area contributed by atoms with Gasteiger partial charge in [-0.25, -0.2) is 4.79 Å². The molecule has 0 aromatic heterocycles. The van der Waals surface area contributed by atoms with E-state index in [1.807, 2.05) is 0 Å². The number of rotatable bonds is 10. The van der Waals surface area contributed by atoms with E-state index in [-0.39, 0.29) is 6.07 Å². The lowest BCUT2D eigenvalue weighted by Crippen LogP contribution is -2.19. The van der Waals surface area contributed by atoms with Crippen LogP contribution in [-0.2, 0) is 45.2 Å². The van der Waals surface area contributed by atoms with Crippen LogP contribution in [0, 0.1) is 10.1 Å². The first kappa shape index (κ1) is 38.4. The van der Waals surface area contributed by atoms with Gasteiger partial charge in [-0.1, -0.05) is 0 Å². The van der Waals surface area contributed by atoms with Crippen LogP contribution >= 0.6 is 0 Å². The summed E-state index contributed by atoms with van der Waals surface area (Å²) in [6.07, 6.45) is 0. The van der Waals surface area contributed by atoms with E-state index in [1.165, 1.54) is 0 Å². The van der Waals surface area contributed by atoms with Gasteiger partial charge in [-0.2, -0.15) is 33.7 Å². The third kappa shape index (κ3) is 8.32. The predicted octanol–water partition coefficient (Wildman–Crippen LogP) is 2.03. The number of nitro groups is 1. The van der Waals surface area contributed by atoms with Crippen molar-refractivity contribution in [3.05, 3.63) is 87.5 Å². The number of benzene rings is 4. The van der Waals surface area contributed by atoms with Gasteiger partial charge in [0.2, 0.25) is 0 Å². The number of esters is 1. The Hall–Kier alpha value is -5.41. The molecule has 25 heteroatoms. The van der Waals surface area contributed by atoms with E-state index in [4.69, 9.17) is 0 Å². The fraction of sp³-hybridized carbons (Fsp3) is 0.0385. The summed E-state index contributed by atoms with van der Waals surface area (Å²) in [6.45, 7) is 0. The minimum atomic E-state index is -5.50. The Kier molecular flexibility index (Phi) is 10.1. The van der Waals surface area contributed by atoms with Gasteiger partial charge in [0.1, 0.15) is 14.7 Å². The molecule has 0 saturated heterocycles. The zero-order valence-corrected chi connectivity index (χ0v) is 28.1. The molecule has 0 aliphatic carbocycles. The SMILES string of the molecule is COC(=O)c1cc(NC(=O)c2ccc([N+](=O)[O-])cc2S(=O)(=O)O)cc(C(=O)Nc2ccc(S(=O)(=O)O)c3cc(S(=O)(=O)O)cc(S(=O)(=O)O)c23)c1. The molecular formula is C26H19N3O18S4. The zero-order chi connectivity index (χ0) is 38.4. The molecule has 0 spiro atoms. The van der Waals surface area contributed by atoms with Crippen LogP contribution in [-0.4, -0.2) is 81.7 Å². The molecule has 270 valence electrons. The Morgan fingerprint density at radius 1 is 0.667 bits per heavy atom. The first-order chi connectivity index (χ1) is 23.3. The van der Waals surface area contributed by atoms with Crippen molar-refractivity contribution in [3.8, 4) is 0 Å². The molecular weight excluding hydrogens is 771 g/mol. The number of nitrogens with zero attached hydrogens (tertiary/aromatic N) is 1. The van der Waals surface area contributed by atoms with Crippen LogP contribution < -0.4 is 10.6 Å². The molecule has 0 fully saturated rings. The standard InChI is InChI=1S/C26H19N3O18S4/c1-47-26(32)13-6-12(7-14(8-13)27-25(31)17-3-2-15(29(33)34)9-21(17)50(41,42)43)24(30)28-19-4-5-20(49(38,39)40)18-10-16(48(35,36)37)11-22(23(18)19)51(44,45)46/h2-11H,1H3,(H,27,31)(H,28,30)(H,35,36,37)(H,38,39,40)(H,41,42,43)(H,44,45,46). The molecule has 0 saturated carbocycles. The lowest BCUT2D eigenvalue weighted by molar-refractivity contribution is -0.385. The van der Waals surface area contributed by atoms with Gasteiger partial charge >= 0.3 is 5.97 Å². The van der Waals surface area contributed by atoms with Gasteiger partial charge in [-0.3, -0.25) is 37.9 Å². The monoisotopic (exact) mass is 789 g/mol. The van der Waals surface area contributed by atoms with E-state index < -0.39 is 127 Å². The molecule has 0 atom stereocenters. The maximum Gasteiger partial charge on any atom is 0.337 e.